The van der Waals surface area contributed by atoms with Crippen LogP contribution >= 0.6 is 0 Å². The van der Waals surface area contributed by atoms with Crippen LogP contribution in [0.4, 0.5) is 0 Å². The highest BCUT2D eigenvalue weighted by atomic mass is 16.5. The summed E-state index contributed by atoms with van der Waals surface area (Å²) in [4.78, 5) is 23.4. The van der Waals surface area contributed by atoms with Gasteiger partial charge in [0.25, 0.3) is 5.91 Å². The van der Waals surface area contributed by atoms with Gasteiger partial charge in [-0.25, -0.2) is 0 Å². The quantitative estimate of drug-likeness (QED) is 0.796. The highest BCUT2D eigenvalue weighted by molar-refractivity contribution is 5.92. The maximum absolute atomic E-state index is 12.2. The van der Waals surface area contributed by atoms with Crippen molar-refractivity contribution in [3.63, 3.8) is 0 Å². The van der Waals surface area contributed by atoms with Crippen molar-refractivity contribution < 1.29 is 28.7 Å². The molecule has 2 N–H and O–H groups in total. The molecule has 2 aromatic rings. The molecule has 1 aromatic carbocycles. The highest BCUT2D eigenvalue weighted by Crippen LogP contribution is 2.31. The Hall–Kier alpha value is -3.03. The van der Waals surface area contributed by atoms with E-state index in [1.165, 1.54) is 20.3 Å². The average molecular weight is 334 g/mol. The van der Waals surface area contributed by atoms with E-state index < -0.39 is 17.9 Å². The number of nitrogens with one attached hydrogen (secondary N) is 1. The van der Waals surface area contributed by atoms with E-state index >= 15 is 0 Å². The predicted molar refractivity (Wildman–Crippen MR) is 83.2 cm³/mol. The number of aromatic nitrogens is 1. The molecule has 8 nitrogen and oxygen atoms in total. The van der Waals surface area contributed by atoms with Crippen LogP contribution in [0.3, 0.4) is 0 Å². The maximum Gasteiger partial charge on any atom is 0.305 e. The molecule has 1 aromatic heterocycles. The Morgan fingerprint density at radius 2 is 1.96 bits per heavy atom. The topological polar surface area (TPSA) is 111 Å². The molecule has 0 aliphatic carbocycles. The Bertz CT molecular complexity index is 740. The van der Waals surface area contributed by atoms with Gasteiger partial charge in [-0.2, -0.15) is 0 Å². The lowest BCUT2D eigenvalue weighted by Crippen LogP contribution is -2.30. The third-order valence-corrected chi connectivity index (χ3v) is 3.35. The number of aryl methyl sites for hydroxylation is 1. The molecule has 0 saturated carbocycles. The van der Waals surface area contributed by atoms with E-state index in [2.05, 4.69) is 10.5 Å². The summed E-state index contributed by atoms with van der Waals surface area (Å²) in [6.45, 7) is 1.66. The van der Waals surface area contributed by atoms with Gasteiger partial charge in [0.15, 0.2) is 17.2 Å². The molecular formula is C16H18N2O6. The number of rotatable bonds is 7. The summed E-state index contributed by atoms with van der Waals surface area (Å²) >= 11 is 0. The summed E-state index contributed by atoms with van der Waals surface area (Å²) < 4.78 is 15.2. The molecular weight excluding hydrogens is 316 g/mol. The molecule has 1 amide bonds. The molecule has 8 heteroatoms. The maximum atomic E-state index is 12.2. The number of methoxy groups -OCH3 is 2. The molecule has 1 heterocycles. The lowest BCUT2D eigenvalue weighted by atomic mass is 10.0. The van der Waals surface area contributed by atoms with Crippen LogP contribution in [0.25, 0.3) is 0 Å². The zero-order chi connectivity index (χ0) is 17.7. The summed E-state index contributed by atoms with van der Waals surface area (Å²) in [5.74, 6) is -0.133. The van der Waals surface area contributed by atoms with Gasteiger partial charge in [-0.15, -0.1) is 0 Å². The lowest BCUT2D eigenvalue weighted by molar-refractivity contribution is -0.137. The fourth-order valence-electron chi connectivity index (χ4n) is 2.20. The second kappa shape index (κ2) is 7.49. The van der Waals surface area contributed by atoms with Crippen LogP contribution in [0, 0.1) is 6.92 Å². The molecule has 0 fully saturated rings. The molecule has 128 valence electrons. The number of aliphatic carboxylic acids is 1. The fraction of sp³-hybridized carbons (Fsp3) is 0.312. The van der Waals surface area contributed by atoms with Crippen molar-refractivity contribution in [2.75, 3.05) is 14.2 Å². The molecule has 0 saturated heterocycles. The lowest BCUT2D eigenvalue weighted by Gasteiger charge is -2.18. The minimum absolute atomic E-state index is 0.0864. The minimum atomic E-state index is -1.05. The predicted octanol–water partition coefficient (Wildman–Crippen LogP) is 1.95. The Balaban J connectivity index is 2.28. The van der Waals surface area contributed by atoms with Crippen molar-refractivity contribution in [1.29, 1.82) is 0 Å². The molecule has 1 atom stereocenters. The van der Waals surface area contributed by atoms with Crippen LogP contribution in [-0.2, 0) is 4.79 Å². The summed E-state index contributed by atoms with van der Waals surface area (Å²) in [7, 11) is 2.98. The number of carbonyl (C=O) groups is 2. The monoisotopic (exact) mass is 334 g/mol. The first-order valence-electron chi connectivity index (χ1n) is 7.12. The summed E-state index contributed by atoms with van der Waals surface area (Å²) in [6.07, 6.45) is -0.294. The van der Waals surface area contributed by atoms with Crippen LogP contribution in [0.2, 0.25) is 0 Å². The third-order valence-electron chi connectivity index (χ3n) is 3.35. The van der Waals surface area contributed by atoms with Crippen molar-refractivity contribution in [1.82, 2.24) is 10.5 Å². The second-order valence-corrected chi connectivity index (χ2v) is 5.06. The Labute approximate surface area is 138 Å². The average Bonchev–Trinajstić information content (AvgIpc) is 2.99. The van der Waals surface area contributed by atoms with Crippen molar-refractivity contribution in [3.8, 4) is 11.5 Å². The van der Waals surface area contributed by atoms with E-state index in [-0.39, 0.29) is 12.1 Å². The number of carbonyl (C=O) groups excluding carboxylic acids is 1. The number of hydrogen-bond acceptors (Lipinski definition) is 6. The van der Waals surface area contributed by atoms with Gasteiger partial charge in [0.05, 0.1) is 26.7 Å². The van der Waals surface area contributed by atoms with Crippen molar-refractivity contribution in [3.05, 3.63) is 41.3 Å². The van der Waals surface area contributed by atoms with E-state index in [4.69, 9.17) is 19.1 Å². The van der Waals surface area contributed by atoms with E-state index in [1.807, 2.05) is 0 Å². The number of ether oxygens (including phenoxy) is 2. The summed E-state index contributed by atoms with van der Waals surface area (Å²) in [5.41, 5.74) is 0.659. The molecule has 24 heavy (non-hydrogen) atoms. The zero-order valence-corrected chi connectivity index (χ0v) is 13.5. The van der Waals surface area contributed by atoms with Crippen LogP contribution in [0.15, 0.2) is 28.8 Å². The third kappa shape index (κ3) is 4.03. The first-order chi connectivity index (χ1) is 11.4. The molecule has 0 spiro atoms. The van der Waals surface area contributed by atoms with Crippen molar-refractivity contribution in [2.24, 2.45) is 0 Å². The molecule has 0 radical (unpaired) electrons. The molecule has 0 aliphatic heterocycles. The minimum Gasteiger partial charge on any atom is -0.493 e. The normalized spacial score (nSPS) is 11.6. The number of carboxylic acids is 1. The number of benzene rings is 1. The number of nitrogens with zero attached hydrogens (tertiary/aromatic N) is 1. The number of carboxylic acid groups (broad SMARTS) is 1. The van der Waals surface area contributed by atoms with E-state index in [9.17, 15) is 9.59 Å². The van der Waals surface area contributed by atoms with Crippen LogP contribution in [0.5, 0.6) is 11.5 Å². The molecule has 1 unspecified atom stereocenters. The Morgan fingerprint density at radius 3 is 2.50 bits per heavy atom. The van der Waals surface area contributed by atoms with Gasteiger partial charge in [-0.1, -0.05) is 11.2 Å². The van der Waals surface area contributed by atoms with E-state index in [1.54, 1.807) is 25.1 Å². The van der Waals surface area contributed by atoms with Crippen LogP contribution in [-0.4, -0.2) is 36.4 Å². The van der Waals surface area contributed by atoms with Crippen LogP contribution in [0.1, 0.15) is 34.3 Å². The van der Waals surface area contributed by atoms with Gasteiger partial charge in [0.1, 0.15) is 5.76 Å². The summed E-state index contributed by atoms with van der Waals surface area (Å²) in [5, 5.41) is 15.4. The number of amides is 1. The highest BCUT2D eigenvalue weighted by Gasteiger charge is 2.22. The second-order valence-electron chi connectivity index (χ2n) is 5.06. The van der Waals surface area contributed by atoms with Gasteiger partial charge in [0, 0.05) is 6.07 Å². The first kappa shape index (κ1) is 17.3. The number of hydrogen-bond donors (Lipinski definition) is 2. The standard InChI is InChI=1S/C16H18N2O6/c1-9-6-12(18-24-9)16(21)17-11(8-15(19)20)10-4-5-13(22-2)14(7-10)23-3/h4-7,11H,8H2,1-3H3,(H,17,21)(H,19,20). The van der Waals surface area contributed by atoms with E-state index in [0.717, 1.165) is 0 Å². The van der Waals surface area contributed by atoms with Crippen molar-refractivity contribution in [2.45, 2.75) is 19.4 Å². The molecule has 0 aliphatic rings. The Morgan fingerprint density at radius 1 is 1.25 bits per heavy atom. The molecule has 2 rings (SSSR count). The summed E-state index contributed by atoms with van der Waals surface area (Å²) in [6, 6.07) is 5.66. The van der Waals surface area contributed by atoms with Gasteiger partial charge in [0.2, 0.25) is 0 Å². The largest absolute Gasteiger partial charge is 0.493 e. The van der Waals surface area contributed by atoms with Crippen molar-refractivity contribution >= 4 is 11.9 Å². The van der Waals surface area contributed by atoms with Gasteiger partial charge < -0.3 is 24.4 Å². The SMILES string of the molecule is COc1ccc(C(CC(=O)O)NC(=O)c2cc(C)on2)cc1OC. The molecule has 0 bridgehead atoms. The van der Waals surface area contributed by atoms with Crippen LogP contribution < -0.4 is 14.8 Å². The first-order valence-corrected chi connectivity index (χ1v) is 7.12. The van der Waals surface area contributed by atoms with Gasteiger partial charge >= 0.3 is 5.97 Å². The van der Waals surface area contributed by atoms with E-state index in [0.29, 0.717) is 22.8 Å². The fourth-order valence-corrected chi connectivity index (χ4v) is 2.20. The van der Waals surface area contributed by atoms with Gasteiger partial charge in [-0.05, 0) is 24.6 Å². The zero-order valence-electron chi connectivity index (χ0n) is 13.5. The van der Waals surface area contributed by atoms with Gasteiger partial charge in [-0.3, -0.25) is 9.59 Å². The Kier molecular flexibility index (Phi) is 5.41. The smallest absolute Gasteiger partial charge is 0.305 e.